The summed E-state index contributed by atoms with van der Waals surface area (Å²) in [5.41, 5.74) is 2.80. The summed E-state index contributed by atoms with van der Waals surface area (Å²) in [7, 11) is 3.99. The van der Waals surface area contributed by atoms with Gasteiger partial charge in [-0.3, -0.25) is 4.79 Å². The fourth-order valence-corrected chi connectivity index (χ4v) is 3.56. The molecule has 0 fully saturated rings. The standard InChI is InChI=1S/C15H17N3O2S/c1-18(2)10-5-3-4-9(8-10)16-15-17-13-11(14(19)20)6-7-12(13)21-15/h3-5,8,11H,6-7H2,1-2H3,(H,16,17)(H,19,20). The summed E-state index contributed by atoms with van der Waals surface area (Å²) in [6, 6.07) is 8.04. The second kappa shape index (κ2) is 5.37. The van der Waals surface area contributed by atoms with Crippen molar-refractivity contribution in [3.8, 4) is 0 Å². The number of nitrogens with one attached hydrogen (secondary N) is 1. The number of benzene rings is 1. The Kier molecular flexibility index (Phi) is 3.55. The Bertz CT molecular complexity index is 681. The topological polar surface area (TPSA) is 65.5 Å². The van der Waals surface area contributed by atoms with Crippen LogP contribution < -0.4 is 10.2 Å². The van der Waals surface area contributed by atoms with Gasteiger partial charge in [-0.15, -0.1) is 11.3 Å². The molecule has 1 heterocycles. The minimum atomic E-state index is -0.778. The summed E-state index contributed by atoms with van der Waals surface area (Å²) >= 11 is 1.55. The van der Waals surface area contributed by atoms with E-state index >= 15 is 0 Å². The molecule has 1 aromatic carbocycles. The molecule has 0 bridgehead atoms. The first-order chi connectivity index (χ1) is 10.0. The number of anilines is 3. The van der Waals surface area contributed by atoms with Crippen LogP contribution in [0.5, 0.6) is 0 Å². The highest BCUT2D eigenvalue weighted by molar-refractivity contribution is 7.15. The number of hydrogen-bond acceptors (Lipinski definition) is 5. The van der Waals surface area contributed by atoms with Crippen LogP contribution in [0.1, 0.15) is 22.9 Å². The van der Waals surface area contributed by atoms with E-state index in [1.54, 1.807) is 11.3 Å². The summed E-state index contributed by atoms with van der Waals surface area (Å²) in [6.45, 7) is 0. The molecule has 1 unspecified atom stereocenters. The fourth-order valence-electron chi connectivity index (χ4n) is 2.51. The normalized spacial score (nSPS) is 16.6. The quantitative estimate of drug-likeness (QED) is 0.908. The monoisotopic (exact) mass is 303 g/mol. The Hall–Kier alpha value is -2.08. The van der Waals surface area contributed by atoms with E-state index in [1.807, 2.05) is 43.3 Å². The lowest BCUT2D eigenvalue weighted by atomic mass is 10.1. The van der Waals surface area contributed by atoms with Gasteiger partial charge in [-0.05, 0) is 31.0 Å². The molecule has 3 rings (SSSR count). The Labute approximate surface area is 127 Å². The van der Waals surface area contributed by atoms with Crippen molar-refractivity contribution in [2.45, 2.75) is 18.8 Å². The number of aliphatic carboxylic acids is 1. The lowest BCUT2D eigenvalue weighted by Crippen LogP contribution is -2.09. The van der Waals surface area contributed by atoms with Gasteiger partial charge >= 0.3 is 5.97 Å². The van der Waals surface area contributed by atoms with Crippen molar-refractivity contribution in [3.63, 3.8) is 0 Å². The van der Waals surface area contributed by atoms with Gasteiger partial charge in [-0.2, -0.15) is 0 Å². The zero-order valence-corrected chi connectivity index (χ0v) is 12.8. The second-order valence-corrected chi connectivity index (χ2v) is 6.41. The number of fused-ring (bicyclic) bond motifs is 1. The maximum absolute atomic E-state index is 11.2. The molecule has 2 N–H and O–H groups in total. The van der Waals surface area contributed by atoms with Crippen molar-refractivity contribution in [1.82, 2.24) is 4.98 Å². The molecule has 1 aliphatic rings. The minimum absolute atomic E-state index is 0.445. The predicted molar refractivity (Wildman–Crippen MR) is 84.9 cm³/mol. The fraction of sp³-hybridized carbons (Fsp3) is 0.333. The van der Waals surface area contributed by atoms with Crippen molar-refractivity contribution >= 4 is 33.8 Å². The highest BCUT2D eigenvalue weighted by Crippen LogP contribution is 2.39. The molecule has 1 aromatic heterocycles. The van der Waals surface area contributed by atoms with Gasteiger partial charge < -0.3 is 15.3 Å². The van der Waals surface area contributed by atoms with E-state index in [9.17, 15) is 9.90 Å². The molecule has 21 heavy (non-hydrogen) atoms. The van der Waals surface area contributed by atoms with E-state index in [2.05, 4.69) is 10.3 Å². The molecular weight excluding hydrogens is 286 g/mol. The van der Waals surface area contributed by atoms with E-state index in [0.29, 0.717) is 6.42 Å². The molecule has 1 atom stereocenters. The molecule has 0 saturated carbocycles. The van der Waals surface area contributed by atoms with Gasteiger partial charge in [0.25, 0.3) is 0 Å². The molecule has 0 radical (unpaired) electrons. The van der Waals surface area contributed by atoms with Crippen molar-refractivity contribution < 1.29 is 9.90 Å². The lowest BCUT2D eigenvalue weighted by molar-refractivity contribution is -0.138. The third-order valence-corrected chi connectivity index (χ3v) is 4.68. The summed E-state index contributed by atoms with van der Waals surface area (Å²) in [6.07, 6.45) is 1.48. The Morgan fingerprint density at radius 2 is 2.29 bits per heavy atom. The van der Waals surface area contributed by atoms with Crippen molar-refractivity contribution in [2.24, 2.45) is 0 Å². The highest BCUT2D eigenvalue weighted by Gasteiger charge is 2.32. The van der Waals surface area contributed by atoms with E-state index in [4.69, 9.17) is 0 Å². The Morgan fingerprint density at radius 1 is 1.48 bits per heavy atom. The van der Waals surface area contributed by atoms with Crippen molar-refractivity contribution in [2.75, 3.05) is 24.3 Å². The van der Waals surface area contributed by atoms with Gasteiger partial charge in [-0.1, -0.05) is 6.07 Å². The van der Waals surface area contributed by atoms with Crippen LogP contribution in [0.3, 0.4) is 0 Å². The number of thiazole rings is 1. The molecule has 0 aliphatic heterocycles. The number of hydrogen-bond donors (Lipinski definition) is 2. The van der Waals surface area contributed by atoms with Gasteiger partial charge in [0.1, 0.15) is 5.92 Å². The SMILES string of the molecule is CN(C)c1cccc(Nc2nc3c(s2)CCC3C(=O)O)c1. The summed E-state index contributed by atoms with van der Waals surface area (Å²) in [5.74, 6) is -1.22. The van der Waals surface area contributed by atoms with Crippen molar-refractivity contribution in [3.05, 3.63) is 34.8 Å². The maximum atomic E-state index is 11.2. The molecule has 0 spiro atoms. The zero-order valence-electron chi connectivity index (χ0n) is 12.0. The first-order valence-electron chi connectivity index (χ1n) is 6.81. The molecule has 110 valence electrons. The van der Waals surface area contributed by atoms with E-state index in [-0.39, 0.29) is 0 Å². The number of carbonyl (C=O) groups is 1. The Balaban J connectivity index is 1.82. The van der Waals surface area contributed by atoms with Crippen LogP contribution >= 0.6 is 11.3 Å². The predicted octanol–water partition coefficient (Wildman–Crippen LogP) is 3.07. The second-order valence-electron chi connectivity index (χ2n) is 5.33. The van der Waals surface area contributed by atoms with Gasteiger partial charge in [0.05, 0.1) is 5.69 Å². The minimum Gasteiger partial charge on any atom is -0.481 e. The first kappa shape index (κ1) is 13.9. The maximum Gasteiger partial charge on any atom is 0.312 e. The Morgan fingerprint density at radius 3 is 3.00 bits per heavy atom. The number of carboxylic acids is 1. The number of carboxylic acid groups (broad SMARTS) is 1. The average molecular weight is 303 g/mol. The van der Waals surface area contributed by atoms with Gasteiger partial charge in [0, 0.05) is 30.3 Å². The van der Waals surface area contributed by atoms with Crippen LogP contribution in [0.25, 0.3) is 0 Å². The van der Waals surface area contributed by atoms with Crippen LogP contribution in [-0.4, -0.2) is 30.2 Å². The number of rotatable bonds is 4. The number of aromatic nitrogens is 1. The van der Waals surface area contributed by atoms with E-state index in [0.717, 1.165) is 33.5 Å². The van der Waals surface area contributed by atoms with E-state index < -0.39 is 11.9 Å². The average Bonchev–Trinajstić information content (AvgIpc) is 2.98. The third kappa shape index (κ3) is 2.71. The number of aryl methyl sites for hydroxylation is 1. The van der Waals surface area contributed by atoms with Crippen LogP contribution in [0.4, 0.5) is 16.5 Å². The molecule has 0 amide bonds. The van der Waals surface area contributed by atoms with Gasteiger partial charge in [-0.25, -0.2) is 4.98 Å². The summed E-state index contributed by atoms with van der Waals surface area (Å²) in [4.78, 5) is 18.8. The largest absolute Gasteiger partial charge is 0.481 e. The third-order valence-electron chi connectivity index (χ3n) is 3.63. The summed E-state index contributed by atoms with van der Waals surface area (Å²) < 4.78 is 0. The summed E-state index contributed by atoms with van der Waals surface area (Å²) in [5, 5.41) is 13.2. The molecule has 2 aromatic rings. The van der Waals surface area contributed by atoms with Crippen LogP contribution in [0.2, 0.25) is 0 Å². The molecule has 1 aliphatic carbocycles. The molecular formula is C15H17N3O2S. The first-order valence-corrected chi connectivity index (χ1v) is 7.63. The van der Waals surface area contributed by atoms with Crippen LogP contribution in [0, 0.1) is 0 Å². The molecule has 0 saturated heterocycles. The van der Waals surface area contributed by atoms with Gasteiger partial charge in [0.15, 0.2) is 5.13 Å². The van der Waals surface area contributed by atoms with Crippen LogP contribution in [0.15, 0.2) is 24.3 Å². The lowest BCUT2D eigenvalue weighted by Gasteiger charge is -2.13. The van der Waals surface area contributed by atoms with Crippen molar-refractivity contribution in [1.29, 1.82) is 0 Å². The van der Waals surface area contributed by atoms with E-state index in [1.165, 1.54) is 0 Å². The van der Waals surface area contributed by atoms with Gasteiger partial charge in [0.2, 0.25) is 0 Å². The molecule has 5 nitrogen and oxygen atoms in total. The smallest absolute Gasteiger partial charge is 0.312 e. The highest BCUT2D eigenvalue weighted by atomic mass is 32.1. The number of nitrogens with zero attached hydrogens (tertiary/aromatic N) is 2. The van der Waals surface area contributed by atoms with Crippen LogP contribution in [-0.2, 0) is 11.2 Å². The zero-order chi connectivity index (χ0) is 15.0. The molecule has 6 heteroatoms.